The van der Waals surface area contributed by atoms with Gasteiger partial charge >= 0.3 is 6.09 Å². The molecular weight excluding hydrogens is 424 g/mol. The van der Waals surface area contributed by atoms with Gasteiger partial charge in [0.1, 0.15) is 12.4 Å². The molecule has 9 nitrogen and oxygen atoms in total. The van der Waals surface area contributed by atoms with Crippen molar-refractivity contribution in [2.45, 2.75) is 19.7 Å². The number of benzene rings is 2. The van der Waals surface area contributed by atoms with Gasteiger partial charge < -0.3 is 25.5 Å². The zero-order chi connectivity index (χ0) is 22.2. The van der Waals surface area contributed by atoms with Crippen molar-refractivity contribution in [1.82, 2.24) is 20.6 Å². The Kier molecular flexibility index (Phi) is 7.23. The largest absolute Gasteiger partial charge is 0.501 e. The summed E-state index contributed by atoms with van der Waals surface area (Å²) in [5, 5.41) is 15.5. The highest BCUT2D eigenvalue weighted by Crippen LogP contribution is 2.11. The van der Waals surface area contributed by atoms with E-state index in [4.69, 9.17) is 16.3 Å². The summed E-state index contributed by atoms with van der Waals surface area (Å²) in [7, 11) is 0. The van der Waals surface area contributed by atoms with Gasteiger partial charge in [-0.25, -0.2) is 9.78 Å². The summed E-state index contributed by atoms with van der Waals surface area (Å²) in [6.45, 7) is 0.00841. The number of nitrogens with zero attached hydrogens (tertiary/aromatic N) is 1. The van der Waals surface area contributed by atoms with Crippen molar-refractivity contribution < 1.29 is 19.4 Å². The number of aromatic amines is 1. The number of amides is 2. The SMILES string of the molecule is O=C(NCc1nc(C(=O)NCc2ccc(Cl)cc2)c(O)c(=O)[nH]1)OCc1ccccc1. The van der Waals surface area contributed by atoms with Crippen LogP contribution >= 0.6 is 11.6 Å². The van der Waals surface area contributed by atoms with Gasteiger partial charge in [0.15, 0.2) is 5.69 Å². The Hall–Kier alpha value is -3.85. The van der Waals surface area contributed by atoms with E-state index in [0.29, 0.717) is 5.02 Å². The normalized spacial score (nSPS) is 10.4. The lowest BCUT2D eigenvalue weighted by atomic mass is 10.2. The van der Waals surface area contributed by atoms with Gasteiger partial charge in [0.2, 0.25) is 5.75 Å². The second-order valence-electron chi connectivity index (χ2n) is 6.43. The molecule has 10 heteroatoms. The average molecular weight is 443 g/mol. The highest BCUT2D eigenvalue weighted by molar-refractivity contribution is 6.30. The maximum absolute atomic E-state index is 12.4. The van der Waals surface area contributed by atoms with Crippen molar-refractivity contribution >= 4 is 23.6 Å². The number of carbonyl (C=O) groups is 2. The third-order valence-corrected chi connectivity index (χ3v) is 4.39. The van der Waals surface area contributed by atoms with Crippen LogP contribution in [0.25, 0.3) is 0 Å². The molecule has 0 unspecified atom stereocenters. The number of aromatic hydroxyl groups is 1. The van der Waals surface area contributed by atoms with Crippen LogP contribution < -0.4 is 16.2 Å². The van der Waals surface area contributed by atoms with Crippen LogP contribution in [0.1, 0.15) is 27.4 Å². The number of halogens is 1. The minimum Gasteiger partial charge on any atom is -0.501 e. The van der Waals surface area contributed by atoms with Crippen LogP contribution in [0.2, 0.25) is 5.02 Å². The molecule has 3 aromatic rings. The number of aromatic nitrogens is 2. The van der Waals surface area contributed by atoms with Gasteiger partial charge in [0, 0.05) is 11.6 Å². The fourth-order valence-corrected chi connectivity index (χ4v) is 2.68. The third kappa shape index (κ3) is 6.31. The fourth-order valence-electron chi connectivity index (χ4n) is 2.55. The lowest BCUT2D eigenvalue weighted by Gasteiger charge is -2.09. The van der Waals surface area contributed by atoms with Crippen molar-refractivity contribution in [3.63, 3.8) is 0 Å². The molecule has 0 aliphatic rings. The Morgan fingerprint density at radius 3 is 2.42 bits per heavy atom. The molecule has 2 amide bonds. The summed E-state index contributed by atoms with van der Waals surface area (Å²) in [4.78, 5) is 42.4. The molecule has 0 radical (unpaired) electrons. The van der Waals surface area contributed by atoms with Crippen LogP contribution in [-0.4, -0.2) is 27.1 Å². The first-order chi connectivity index (χ1) is 14.9. The molecule has 4 N–H and O–H groups in total. The lowest BCUT2D eigenvalue weighted by Crippen LogP contribution is -2.30. The quantitative estimate of drug-likeness (QED) is 0.444. The highest BCUT2D eigenvalue weighted by Gasteiger charge is 2.18. The van der Waals surface area contributed by atoms with E-state index >= 15 is 0 Å². The molecule has 0 fully saturated rings. The molecule has 31 heavy (non-hydrogen) atoms. The zero-order valence-corrected chi connectivity index (χ0v) is 17.0. The van der Waals surface area contributed by atoms with Crippen molar-refractivity contribution in [3.05, 3.63) is 92.6 Å². The first-order valence-electron chi connectivity index (χ1n) is 9.21. The Labute approximate surface area is 182 Å². The lowest BCUT2D eigenvalue weighted by molar-refractivity contribution is 0.0942. The van der Waals surface area contributed by atoms with Crippen LogP contribution in [0.3, 0.4) is 0 Å². The predicted molar refractivity (Wildman–Crippen MR) is 113 cm³/mol. The number of H-pyrrole nitrogens is 1. The molecular formula is C21H19ClN4O5. The fraction of sp³-hybridized carbons (Fsp3) is 0.143. The molecule has 1 aromatic heterocycles. The van der Waals surface area contributed by atoms with Crippen LogP contribution in [0, 0.1) is 0 Å². The minimum atomic E-state index is -0.902. The number of rotatable bonds is 7. The average Bonchev–Trinajstić information content (AvgIpc) is 2.78. The van der Waals surface area contributed by atoms with E-state index in [1.54, 1.807) is 36.4 Å². The van der Waals surface area contributed by atoms with Crippen molar-refractivity contribution in [3.8, 4) is 5.75 Å². The van der Waals surface area contributed by atoms with Crippen molar-refractivity contribution in [2.24, 2.45) is 0 Å². The molecule has 0 spiro atoms. The highest BCUT2D eigenvalue weighted by atomic mass is 35.5. The summed E-state index contributed by atoms with van der Waals surface area (Å²) < 4.78 is 5.07. The Bertz CT molecular complexity index is 1120. The summed E-state index contributed by atoms with van der Waals surface area (Å²) >= 11 is 5.82. The number of carbonyl (C=O) groups excluding carboxylic acids is 2. The molecule has 2 aromatic carbocycles. The summed E-state index contributed by atoms with van der Waals surface area (Å²) in [6.07, 6.45) is -0.728. The standard InChI is InChI=1S/C21H19ClN4O5/c22-15-8-6-13(7-9-15)10-23-19(28)17-18(27)20(29)26-16(25-17)11-24-21(30)31-12-14-4-2-1-3-5-14/h1-9,27H,10-12H2,(H,23,28)(H,24,30)(H,25,26,29). The summed E-state index contributed by atoms with van der Waals surface area (Å²) in [6, 6.07) is 15.9. The molecule has 0 saturated heterocycles. The van der Waals surface area contributed by atoms with E-state index in [-0.39, 0.29) is 25.5 Å². The molecule has 0 aliphatic heterocycles. The number of alkyl carbamates (subject to hydrolysis) is 1. The van der Waals surface area contributed by atoms with Gasteiger partial charge in [-0.3, -0.25) is 9.59 Å². The first kappa shape index (κ1) is 21.8. The minimum absolute atomic E-state index is 0.0175. The van der Waals surface area contributed by atoms with Gasteiger partial charge in [-0.05, 0) is 23.3 Å². The summed E-state index contributed by atoms with van der Waals surface area (Å²) in [5.74, 6) is -1.58. The molecule has 3 rings (SSSR count). The van der Waals surface area contributed by atoms with Gasteiger partial charge in [0.25, 0.3) is 11.5 Å². The Morgan fingerprint density at radius 1 is 1.00 bits per heavy atom. The molecule has 0 saturated carbocycles. The predicted octanol–water partition coefficient (Wildman–Crippen LogP) is 2.49. The van der Waals surface area contributed by atoms with Crippen LogP contribution in [-0.2, 0) is 24.4 Å². The maximum Gasteiger partial charge on any atom is 0.407 e. The number of ether oxygens (including phenoxy) is 1. The van der Waals surface area contributed by atoms with Crippen molar-refractivity contribution in [1.29, 1.82) is 0 Å². The van der Waals surface area contributed by atoms with Crippen molar-refractivity contribution in [2.75, 3.05) is 0 Å². The zero-order valence-electron chi connectivity index (χ0n) is 16.2. The van der Waals surface area contributed by atoms with Crippen LogP contribution in [0.5, 0.6) is 5.75 Å². The topological polar surface area (TPSA) is 133 Å². The van der Waals surface area contributed by atoms with Crippen LogP contribution in [0.15, 0.2) is 59.4 Å². The molecule has 160 valence electrons. The second-order valence-corrected chi connectivity index (χ2v) is 6.87. The number of nitrogens with one attached hydrogen (secondary N) is 3. The summed E-state index contributed by atoms with van der Waals surface area (Å²) in [5.41, 5.74) is 0.229. The van der Waals surface area contributed by atoms with Gasteiger partial charge in [-0.2, -0.15) is 0 Å². The second kappa shape index (κ2) is 10.3. The van der Waals surface area contributed by atoms with Crippen LogP contribution in [0.4, 0.5) is 4.79 Å². The van der Waals surface area contributed by atoms with Gasteiger partial charge in [-0.15, -0.1) is 0 Å². The van der Waals surface area contributed by atoms with E-state index in [9.17, 15) is 19.5 Å². The smallest absolute Gasteiger partial charge is 0.407 e. The molecule has 0 bridgehead atoms. The third-order valence-electron chi connectivity index (χ3n) is 4.14. The van der Waals surface area contributed by atoms with E-state index in [1.807, 2.05) is 18.2 Å². The van der Waals surface area contributed by atoms with E-state index < -0.39 is 29.0 Å². The van der Waals surface area contributed by atoms with Gasteiger partial charge in [-0.1, -0.05) is 54.1 Å². The van der Waals surface area contributed by atoms with Gasteiger partial charge in [0.05, 0.1) is 6.54 Å². The molecule has 1 heterocycles. The monoisotopic (exact) mass is 442 g/mol. The molecule has 0 atom stereocenters. The molecule has 0 aliphatic carbocycles. The Balaban J connectivity index is 1.59. The first-order valence-corrected chi connectivity index (χ1v) is 9.59. The number of hydrogen-bond acceptors (Lipinski definition) is 6. The van der Waals surface area contributed by atoms with E-state index in [1.165, 1.54) is 0 Å². The Morgan fingerprint density at radius 2 is 1.71 bits per heavy atom. The van der Waals surface area contributed by atoms with E-state index in [2.05, 4.69) is 20.6 Å². The van der Waals surface area contributed by atoms with E-state index in [0.717, 1.165) is 11.1 Å². The maximum atomic E-state index is 12.4. The number of hydrogen-bond donors (Lipinski definition) is 4.